The van der Waals surface area contributed by atoms with Crippen molar-refractivity contribution in [3.63, 3.8) is 0 Å². The van der Waals surface area contributed by atoms with Crippen LogP contribution in [-0.4, -0.2) is 42.5 Å². The van der Waals surface area contributed by atoms with Crippen LogP contribution >= 0.6 is 10.2 Å². The van der Waals surface area contributed by atoms with Crippen molar-refractivity contribution in [3.05, 3.63) is 89.5 Å². The van der Waals surface area contributed by atoms with Crippen molar-refractivity contribution in [2.45, 2.75) is 82.7 Å². The van der Waals surface area contributed by atoms with Crippen LogP contribution < -0.4 is 10.2 Å². The fraction of sp³-hybridized carbons (Fsp3) is 0.500. The van der Waals surface area contributed by atoms with E-state index in [1.807, 2.05) is 7.05 Å². The van der Waals surface area contributed by atoms with E-state index in [0.717, 1.165) is 6.54 Å². The summed E-state index contributed by atoms with van der Waals surface area (Å²) >= 11 is 0. The predicted octanol–water partition coefficient (Wildman–Crippen LogP) is 9.29. The van der Waals surface area contributed by atoms with Gasteiger partial charge in [-0.2, -0.15) is 10.2 Å². The molecule has 3 nitrogen and oxygen atoms in total. The largest absolute Gasteiger partial charge is 0.388 e. The van der Waals surface area contributed by atoms with Crippen LogP contribution in [-0.2, 0) is 6.54 Å². The third-order valence-electron chi connectivity index (χ3n) is 10.4. The molecule has 1 atom stereocenters. The molecule has 3 aromatic carbocycles. The smallest absolute Gasteiger partial charge is 0.0364 e. The molecule has 0 aromatic heterocycles. The molecule has 0 amide bonds. The lowest BCUT2D eigenvalue weighted by molar-refractivity contribution is -0.0603. The van der Waals surface area contributed by atoms with Crippen LogP contribution in [0.3, 0.4) is 0 Å². The second kappa shape index (κ2) is 11.4. The van der Waals surface area contributed by atoms with Crippen molar-refractivity contribution in [1.29, 1.82) is 0 Å². The van der Waals surface area contributed by atoms with Gasteiger partial charge < -0.3 is 10.2 Å². The molecule has 0 bridgehead atoms. The Morgan fingerprint density at radius 1 is 0.875 bits per heavy atom. The SMILES string of the molecule is CCC1(CC)CC2(C[C@H](c3cccc(NC)c3)c3cc(N(C)C)ccc3S(CC)(CC)N2Cc2ccccc2)C1. The van der Waals surface area contributed by atoms with Gasteiger partial charge in [-0.15, -0.1) is 0 Å². The number of rotatable bonds is 9. The molecule has 0 unspecified atom stereocenters. The van der Waals surface area contributed by atoms with Crippen LogP contribution in [0.5, 0.6) is 0 Å². The third-order valence-corrected chi connectivity index (χ3v) is 14.9. The van der Waals surface area contributed by atoms with E-state index >= 15 is 0 Å². The summed E-state index contributed by atoms with van der Waals surface area (Å²) < 4.78 is 3.11. The maximum Gasteiger partial charge on any atom is 0.0364 e. The first-order valence-electron chi connectivity index (χ1n) is 15.5. The van der Waals surface area contributed by atoms with Gasteiger partial charge in [-0.05, 0) is 83.2 Å². The number of anilines is 2. The average Bonchev–Trinajstić information content (AvgIpc) is 3.07. The van der Waals surface area contributed by atoms with Crippen molar-refractivity contribution in [2.75, 3.05) is 42.9 Å². The van der Waals surface area contributed by atoms with Crippen LogP contribution in [0.25, 0.3) is 0 Å². The van der Waals surface area contributed by atoms with Crippen molar-refractivity contribution < 1.29 is 0 Å². The number of hydrogen-bond acceptors (Lipinski definition) is 3. The fourth-order valence-electron chi connectivity index (χ4n) is 8.00. The Balaban J connectivity index is 1.78. The first-order valence-corrected chi connectivity index (χ1v) is 17.4. The Hall–Kier alpha value is -2.43. The van der Waals surface area contributed by atoms with Crippen LogP contribution in [0.1, 0.15) is 82.4 Å². The maximum absolute atomic E-state index is 3.42. The highest BCUT2D eigenvalue weighted by Crippen LogP contribution is 2.73. The summed E-state index contributed by atoms with van der Waals surface area (Å²) in [5.41, 5.74) is 7.65. The van der Waals surface area contributed by atoms with E-state index in [-0.39, 0.29) is 5.54 Å². The van der Waals surface area contributed by atoms with E-state index in [2.05, 4.69) is 129 Å². The first-order chi connectivity index (χ1) is 19.3. The van der Waals surface area contributed by atoms with Gasteiger partial charge in [0.2, 0.25) is 0 Å². The van der Waals surface area contributed by atoms with Gasteiger partial charge >= 0.3 is 0 Å². The lowest BCUT2D eigenvalue weighted by Gasteiger charge is -2.66. The van der Waals surface area contributed by atoms with Gasteiger partial charge in [0.25, 0.3) is 0 Å². The molecule has 1 spiro atoms. The fourth-order valence-corrected chi connectivity index (χ4v) is 12.2. The number of fused-ring (bicyclic) bond motifs is 1. The molecule has 2 aliphatic rings. The number of nitrogens with one attached hydrogen (secondary N) is 1. The molecule has 1 aliphatic heterocycles. The molecule has 3 aromatic rings. The van der Waals surface area contributed by atoms with Crippen LogP contribution in [0, 0.1) is 5.41 Å². The van der Waals surface area contributed by atoms with Crippen LogP contribution in [0.15, 0.2) is 77.7 Å². The van der Waals surface area contributed by atoms with E-state index < -0.39 is 10.2 Å². The van der Waals surface area contributed by atoms with E-state index in [9.17, 15) is 0 Å². The van der Waals surface area contributed by atoms with E-state index in [1.54, 1.807) is 10.5 Å². The summed E-state index contributed by atoms with van der Waals surface area (Å²) in [4.78, 5) is 3.91. The third kappa shape index (κ3) is 4.86. The molecule has 216 valence electrons. The molecule has 4 heteroatoms. The van der Waals surface area contributed by atoms with Crippen LogP contribution in [0.4, 0.5) is 11.4 Å². The van der Waals surface area contributed by atoms with Gasteiger partial charge in [0, 0.05) is 55.4 Å². The second-order valence-electron chi connectivity index (χ2n) is 12.5. The van der Waals surface area contributed by atoms with E-state index in [0.29, 0.717) is 11.3 Å². The normalized spacial score (nSPS) is 21.6. The van der Waals surface area contributed by atoms with Gasteiger partial charge in [-0.3, -0.25) is 4.31 Å². The molecule has 0 radical (unpaired) electrons. The van der Waals surface area contributed by atoms with Crippen molar-refractivity contribution in [3.8, 4) is 0 Å². The van der Waals surface area contributed by atoms with E-state index in [1.165, 1.54) is 66.1 Å². The zero-order valence-corrected chi connectivity index (χ0v) is 26.8. The van der Waals surface area contributed by atoms with Crippen molar-refractivity contribution in [2.24, 2.45) is 5.41 Å². The van der Waals surface area contributed by atoms with Crippen LogP contribution in [0.2, 0.25) is 0 Å². The van der Waals surface area contributed by atoms with Gasteiger partial charge in [0.1, 0.15) is 0 Å². The van der Waals surface area contributed by atoms with E-state index in [4.69, 9.17) is 0 Å². The minimum Gasteiger partial charge on any atom is -0.388 e. The number of nitrogens with zero attached hydrogens (tertiary/aromatic N) is 2. The molecular formula is C36H51N3S. The molecule has 5 rings (SSSR count). The van der Waals surface area contributed by atoms with Gasteiger partial charge in [-0.25, -0.2) is 0 Å². The van der Waals surface area contributed by atoms with Gasteiger partial charge in [0.05, 0.1) is 0 Å². The Morgan fingerprint density at radius 3 is 2.17 bits per heavy atom. The standard InChI is InChI=1S/C36H51N3S/c1-8-35(9-2)26-36(27-35)24-33(29-18-15-19-30(22-29)37-5)32-23-31(38(6)7)20-21-34(32)40(10-3,11-4)39(36)25-28-16-13-12-14-17-28/h12-23,33,37H,8-11,24-27H2,1-7H3/t33-/m1/s1. The number of benzene rings is 3. The van der Waals surface area contributed by atoms with Crippen molar-refractivity contribution >= 4 is 21.6 Å². The summed E-state index contributed by atoms with van der Waals surface area (Å²) in [6, 6.07) is 28.0. The molecule has 0 saturated heterocycles. The zero-order valence-electron chi connectivity index (χ0n) is 26.0. The van der Waals surface area contributed by atoms with Gasteiger partial charge in [0.15, 0.2) is 0 Å². The topological polar surface area (TPSA) is 18.5 Å². The monoisotopic (exact) mass is 557 g/mol. The summed E-state index contributed by atoms with van der Waals surface area (Å²) in [6.07, 6.45) is 6.37. The Morgan fingerprint density at radius 2 is 1.57 bits per heavy atom. The quantitative estimate of drug-likeness (QED) is 0.283. The van der Waals surface area contributed by atoms with Gasteiger partial charge in [-0.1, -0.05) is 83.0 Å². The minimum absolute atomic E-state index is 0.195. The van der Waals surface area contributed by atoms with Crippen molar-refractivity contribution in [1.82, 2.24) is 4.31 Å². The summed E-state index contributed by atoms with van der Waals surface area (Å²) in [6.45, 7) is 10.9. The Labute approximate surface area is 245 Å². The highest BCUT2D eigenvalue weighted by Gasteiger charge is 2.60. The maximum atomic E-state index is 3.42. The molecule has 1 aliphatic carbocycles. The highest BCUT2D eigenvalue weighted by molar-refractivity contribution is 8.31. The molecular weight excluding hydrogens is 506 g/mol. The first kappa shape index (κ1) is 29.1. The minimum atomic E-state index is -1.24. The molecule has 1 heterocycles. The highest BCUT2D eigenvalue weighted by atomic mass is 32.3. The Bertz CT molecular complexity index is 1280. The molecule has 1 saturated carbocycles. The summed E-state index contributed by atoms with van der Waals surface area (Å²) in [7, 11) is 5.16. The molecule has 1 fully saturated rings. The molecule has 1 N–H and O–H groups in total. The number of hydrogen-bond donors (Lipinski definition) is 1. The lowest BCUT2D eigenvalue weighted by atomic mass is 9.52. The second-order valence-corrected chi connectivity index (χ2v) is 16.2. The Kier molecular flexibility index (Phi) is 8.32. The lowest BCUT2D eigenvalue weighted by Crippen LogP contribution is -2.62. The predicted molar refractivity (Wildman–Crippen MR) is 177 cm³/mol. The summed E-state index contributed by atoms with van der Waals surface area (Å²) in [5, 5.41) is 3.42. The molecule has 40 heavy (non-hydrogen) atoms. The summed E-state index contributed by atoms with van der Waals surface area (Å²) in [5.74, 6) is 2.77. The zero-order chi connectivity index (χ0) is 28.5. The average molecular weight is 558 g/mol.